The molecule has 1 aromatic heterocycles. The quantitative estimate of drug-likeness (QED) is 0.519. The van der Waals surface area contributed by atoms with Crippen LogP contribution in [-0.4, -0.2) is 22.5 Å². The van der Waals surface area contributed by atoms with E-state index >= 15 is 0 Å². The van der Waals surface area contributed by atoms with Crippen LogP contribution < -0.4 is 15.6 Å². The Labute approximate surface area is 171 Å². The molecule has 0 fully saturated rings. The van der Waals surface area contributed by atoms with Crippen molar-refractivity contribution in [3.05, 3.63) is 88.2 Å². The number of nitrogens with zero attached hydrogens (tertiary/aromatic N) is 1. The number of halogens is 1. The van der Waals surface area contributed by atoms with Gasteiger partial charge in [-0.1, -0.05) is 41.9 Å². The number of carbonyl (C=O) groups is 1. The number of hydrogen-bond donors (Lipinski definition) is 2. The molecule has 0 unspecified atom stereocenters. The molecule has 0 aliphatic heterocycles. The largest absolute Gasteiger partial charge is 0.484 e. The van der Waals surface area contributed by atoms with Gasteiger partial charge in [-0.3, -0.25) is 9.59 Å². The van der Waals surface area contributed by atoms with Crippen LogP contribution in [0.2, 0.25) is 5.02 Å². The number of carbonyl (C=O) groups excluding carboxylic acids is 1. The van der Waals surface area contributed by atoms with Gasteiger partial charge in [0.2, 0.25) is 0 Å². The van der Waals surface area contributed by atoms with E-state index in [1.807, 2.05) is 18.2 Å². The zero-order valence-corrected chi connectivity index (χ0v) is 15.9. The molecule has 3 aromatic carbocycles. The zero-order valence-electron chi connectivity index (χ0n) is 15.2. The van der Waals surface area contributed by atoms with Gasteiger partial charge in [-0.25, -0.2) is 4.98 Å². The van der Waals surface area contributed by atoms with Crippen LogP contribution in [0, 0.1) is 0 Å². The maximum absolute atomic E-state index is 12.5. The summed E-state index contributed by atoms with van der Waals surface area (Å²) in [4.78, 5) is 32.2. The molecule has 4 aromatic rings. The van der Waals surface area contributed by atoms with Gasteiger partial charge in [-0.05, 0) is 42.5 Å². The molecule has 0 bridgehead atoms. The summed E-state index contributed by atoms with van der Waals surface area (Å²) in [7, 11) is 0. The fourth-order valence-electron chi connectivity index (χ4n) is 2.88. The average Bonchev–Trinajstić information content (AvgIpc) is 2.73. The summed E-state index contributed by atoms with van der Waals surface area (Å²) in [5.41, 5.74) is 2.22. The third kappa shape index (κ3) is 4.28. The minimum atomic E-state index is -0.357. The smallest absolute Gasteiger partial charge is 0.275 e. The van der Waals surface area contributed by atoms with Crippen LogP contribution in [0.3, 0.4) is 0 Å². The van der Waals surface area contributed by atoms with Crippen molar-refractivity contribution in [2.24, 2.45) is 0 Å². The van der Waals surface area contributed by atoms with Crippen molar-refractivity contribution in [2.75, 3.05) is 11.9 Å². The van der Waals surface area contributed by atoms with Crippen molar-refractivity contribution < 1.29 is 9.53 Å². The first-order valence-electron chi connectivity index (χ1n) is 8.87. The van der Waals surface area contributed by atoms with Gasteiger partial charge in [-0.15, -0.1) is 0 Å². The average molecular weight is 406 g/mol. The molecule has 0 saturated heterocycles. The molecule has 29 heavy (non-hydrogen) atoms. The van der Waals surface area contributed by atoms with E-state index in [-0.39, 0.29) is 23.8 Å². The van der Waals surface area contributed by atoms with Crippen molar-refractivity contribution in [3.63, 3.8) is 0 Å². The number of aromatic nitrogens is 2. The molecule has 4 rings (SSSR count). The van der Waals surface area contributed by atoms with Crippen molar-refractivity contribution in [1.29, 1.82) is 0 Å². The zero-order chi connectivity index (χ0) is 20.2. The summed E-state index contributed by atoms with van der Waals surface area (Å²) >= 11 is 5.84. The predicted octanol–water partition coefficient (Wildman–Crippen LogP) is 4.26. The molecule has 0 aliphatic rings. The molecule has 0 radical (unpaired) electrons. The molecule has 7 heteroatoms. The number of amides is 1. The molecule has 6 nitrogen and oxygen atoms in total. The van der Waals surface area contributed by atoms with Crippen LogP contribution in [-0.2, 0) is 4.79 Å². The highest BCUT2D eigenvalue weighted by Gasteiger charge is 2.14. The van der Waals surface area contributed by atoms with Crippen LogP contribution in [0.5, 0.6) is 5.75 Å². The number of ether oxygens (including phenoxy) is 1. The fourth-order valence-corrected chi connectivity index (χ4v) is 3.00. The number of anilines is 1. The van der Waals surface area contributed by atoms with E-state index in [1.165, 1.54) is 0 Å². The summed E-state index contributed by atoms with van der Waals surface area (Å²) in [5.74, 6) is 0.176. The number of para-hydroxylation sites is 3. The SMILES string of the molecule is O=C(COc1ccc(Cl)cc1)Nc1ccccc1-c1nc2ccccc2[nH]c1=O. The Hall–Kier alpha value is -3.64. The second-order valence-corrected chi connectivity index (χ2v) is 6.70. The standard InChI is InChI=1S/C22H16ClN3O3/c23-14-9-11-15(12-10-14)29-13-20(27)24-17-6-2-1-5-16(17)21-22(28)26-19-8-4-3-7-18(19)25-21/h1-12H,13H2,(H,24,27)(H,26,28). The Bertz CT molecular complexity index is 1240. The molecule has 0 aliphatic carbocycles. The Morgan fingerprint density at radius 3 is 2.55 bits per heavy atom. The topological polar surface area (TPSA) is 84.1 Å². The molecule has 0 atom stereocenters. The van der Waals surface area contributed by atoms with Gasteiger partial charge in [0.05, 0.1) is 16.7 Å². The molecule has 1 amide bonds. The summed E-state index contributed by atoms with van der Waals surface area (Å²) in [6.45, 7) is -0.183. The molecule has 0 saturated carbocycles. The first kappa shape index (κ1) is 18.7. The monoisotopic (exact) mass is 405 g/mol. The van der Waals surface area contributed by atoms with E-state index in [2.05, 4.69) is 15.3 Å². The third-order valence-electron chi connectivity index (χ3n) is 4.24. The van der Waals surface area contributed by atoms with Crippen LogP contribution in [0.1, 0.15) is 0 Å². The lowest BCUT2D eigenvalue weighted by molar-refractivity contribution is -0.118. The van der Waals surface area contributed by atoms with Crippen molar-refractivity contribution in [3.8, 4) is 17.0 Å². The first-order valence-corrected chi connectivity index (χ1v) is 9.24. The van der Waals surface area contributed by atoms with Crippen molar-refractivity contribution in [1.82, 2.24) is 9.97 Å². The van der Waals surface area contributed by atoms with Crippen LogP contribution >= 0.6 is 11.6 Å². The minimum absolute atomic E-state index is 0.183. The number of fused-ring (bicyclic) bond motifs is 1. The number of nitrogens with one attached hydrogen (secondary N) is 2. The lowest BCUT2D eigenvalue weighted by atomic mass is 10.1. The summed E-state index contributed by atoms with van der Waals surface area (Å²) in [6.07, 6.45) is 0. The van der Waals surface area contributed by atoms with Crippen LogP contribution in [0.4, 0.5) is 5.69 Å². The summed E-state index contributed by atoms with van der Waals surface area (Å²) in [5, 5.41) is 3.37. The highest BCUT2D eigenvalue weighted by molar-refractivity contribution is 6.30. The van der Waals surface area contributed by atoms with E-state index in [0.29, 0.717) is 33.1 Å². The van der Waals surface area contributed by atoms with E-state index in [9.17, 15) is 9.59 Å². The Morgan fingerprint density at radius 1 is 1.00 bits per heavy atom. The summed E-state index contributed by atoms with van der Waals surface area (Å²) < 4.78 is 5.47. The van der Waals surface area contributed by atoms with Gasteiger partial charge < -0.3 is 15.0 Å². The normalized spacial score (nSPS) is 10.7. The second-order valence-electron chi connectivity index (χ2n) is 6.27. The van der Waals surface area contributed by atoms with E-state index in [1.54, 1.807) is 54.6 Å². The van der Waals surface area contributed by atoms with E-state index in [0.717, 1.165) is 0 Å². The third-order valence-corrected chi connectivity index (χ3v) is 4.49. The van der Waals surface area contributed by atoms with Crippen molar-refractivity contribution in [2.45, 2.75) is 0 Å². The van der Waals surface area contributed by atoms with Gasteiger partial charge in [0, 0.05) is 10.6 Å². The second kappa shape index (κ2) is 8.16. The molecule has 1 heterocycles. The number of rotatable bonds is 5. The number of benzene rings is 3. The van der Waals surface area contributed by atoms with Crippen molar-refractivity contribution >= 4 is 34.2 Å². The lowest BCUT2D eigenvalue weighted by Gasteiger charge is -2.11. The van der Waals surface area contributed by atoms with Crippen LogP contribution in [0.25, 0.3) is 22.3 Å². The fraction of sp³-hybridized carbons (Fsp3) is 0.0455. The number of H-pyrrole nitrogens is 1. The molecular formula is C22H16ClN3O3. The predicted molar refractivity (Wildman–Crippen MR) is 113 cm³/mol. The van der Waals surface area contributed by atoms with Crippen LogP contribution in [0.15, 0.2) is 77.6 Å². The van der Waals surface area contributed by atoms with Gasteiger partial charge >= 0.3 is 0 Å². The number of hydrogen-bond acceptors (Lipinski definition) is 4. The highest BCUT2D eigenvalue weighted by atomic mass is 35.5. The summed E-state index contributed by atoms with van der Waals surface area (Å²) in [6, 6.07) is 21.0. The molecule has 0 spiro atoms. The maximum atomic E-state index is 12.5. The molecular weight excluding hydrogens is 390 g/mol. The Kier molecular flexibility index (Phi) is 5.27. The maximum Gasteiger partial charge on any atom is 0.275 e. The van der Waals surface area contributed by atoms with Gasteiger partial charge in [-0.2, -0.15) is 0 Å². The van der Waals surface area contributed by atoms with Gasteiger partial charge in [0.15, 0.2) is 6.61 Å². The Balaban J connectivity index is 1.57. The van der Waals surface area contributed by atoms with E-state index < -0.39 is 0 Å². The lowest BCUT2D eigenvalue weighted by Crippen LogP contribution is -2.21. The van der Waals surface area contributed by atoms with Gasteiger partial charge in [0.25, 0.3) is 11.5 Å². The number of aromatic amines is 1. The first-order chi connectivity index (χ1) is 14.1. The molecule has 2 N–H and O–H groups in total. The van der Waals surface area contributed by atoms with E-state index in [4.69, 9.17) is 16.3 Å². The van der Waals surface area contributed by atoms with Gasteiger partial charge in [0.1, 0.15) is 11.4 Å². The molecule has 144 valence electrons. The Morgan fingerprint density at radius 2 is 1.72 bits per heavy atom. The highest BCUT2D eigenvalue weighted by Crippen LogP contribution is 2.25. The minimum Gasteiger partial charge on any atom is -0.484 e.